The van der Waals surface area contributed by atoms with Crippen LogP contribution in [0.15, 0.2) is 206 Å². The van der Waals surface area contributed by atoms with Crippen LogP contribution < -0.4 is 4.90 Å². The molecule has 0 radical (unpaired) electrons. The van der Waals surface area contributed by atoms with Crippen molar-refractivity contribution in [1.29, 1.82) is 0 Å². The molecule has 2 unspecified atom stereocenters. The summed E-state index contributed by atoms with van der Waals surface area (Å²) in [7, 11) is 0. The zero-order chi connectivity index (χ0) is 33.3. The van der Waals surface area contributed by atoms with Gasteiger partial charge in [-0.2, -0.15) is 0 Å². The average molecular weight is 640 g/mol. The van der Waals surface area contributed by atoms with Crippen LogP contribution in [0.1, 0.15) is 23.1 Å². The van der Waals surface area contributed by atoms with E-state index >= 15 is 0 Å². The van der Waals surface area contributed by atoms with E-state index in [0.29, 0.717) is 0 Å². The topological polar surface area (TPSA) is 3.24 Å². The predicted molar refractivity (Wildman–Crippen MR) is 210 cm³/mol. The minimum absolute atomic E-state index is 0.274. The summed E-state index contributed by atoms with van der Waals surface area (Å²) in [6, 6.07) is 66.6. The number of rotatable bonds is 7. The Balaban J connectivity index is 1.28. The number of benzene rings is 7. The van der Waals surface area contributed by atoms with Gasteiger partial charge in [0.15, 0.2) is 0 Å². The van der Waals surface area contributed by atoms with Crippen LogP contribution in [-0.2, 0) is 5.41 Å². The number of hydrogen-bond acceptors (Lipinski definition) is 1. The SMILES string of the molecule is C1=CCC(C2(c3ccccc3)c3ccccc3-c3c(N(c4ccc(-c5ccccc5)cc4)c4ccc(-c5ccccc5)cc4)cccc32)C=C1. The summed E-state index contributed by atoms with van der Waals surface area (Å²) >= 11 is 0. The van der Waals surface area contributed by atoms with Crippen molar-refractivity contribution in [3.63, 3.8) is 0 Å². The quantitative estimate of drug-likeness (QED) is 0.168. The van der Waals surface area contributed by atoms with E-state index in [1.807, 2.05) is 0 Å². The highest BCUT2D eigenvalue weighted by Crippen LogP contribution is 2.60. The molecule has 0 N–H and O–H groups in total. The molecular weight excluding hydrogens is 603 g/mol. The van der Waals surface area contributed by atoms with Gasteiger partial charge in [0.2, 0.25) is 0 Å². The Morgan fingerprint density at radius 2 is 0.960 bits per heavy atom. The van der Waals surface area contributed by atoms with Gasteiger partial charge in [-0.1, -0.05) is 176 Å². The van der Waals surface area contributed by atoms with Gasteiger partial charge in [0.05, 0.1) is 11.1 Å². The van der Waals surface area contributed by atoms with E-state index in [-0.39, 0.29) is 11.3 Å². The zero-order valence-corrected chi connectivity index (χ0v) is 27.9. The van der Waals surface area contributed by atoms with Crippen molar-refractivity contribution >= 4 is 17.1 Å². The van der Waals surface area contributed by atoms with E-state index in [9.17, 15) is 0 Å². The van der Waals surface area contributed by atoms with Gasteiger partial charge in [-0.15, -0.1) is 0 Å². The molecule has 0 heterocycles. The van der Waals surface area contributed by atoms with Crippen molar-refractivity contribution in [3.8, 4) is 33.4 Å². The second kappa shape index (κ2) is 12.7. The highest BCUT2D eigenvalue weighted by molar-refractivity contribution is 5.96. The Hall–Kier alpha value is -6.18. The Kier molecular flexibility index (Phi) is 7.59. The molecule has 1 nitrogen and oxygen atoms in total. The van der Waals surface area contributed by atoms with Gasteiger partial charge in [-0.3, -0.25) is 0 Å². The van der Waals surface area contributed by atoms with Crippen molar-refractivity contribution in [2.24, 2.45) is 5.92 Å². The molecule has 0 amide bonds. The fourth-order valence-corrected chi connectivity index (χ4v) is 8.35. The van der Waals surface area contributed by atoms with Crippen molar-refractivity contribution < 1.29 is 0 Å². The van der Waals surface area contributed by atoms with Crippen molar-refractivity contribution in [3.05, 3.63) is 223 Å². The third-order valence-corrected chi connectivity index (χ3v) is 10.6. The highest BCUT2D eigenvalue weighted by atomic mass is 15.1. The Bertz CT molecular complexity index is 2240. The summed E-state index contributed by atoms with van der Waals surface area (Å²) in [6.45, 7) is 0. The van der Waals surface area contributed by atoms with Gasteiger partial charge in [0, 0.05) is 16.9 Å². The summed E-state index contributed by atoms with van der Waals surface area (Å²) in [6.07, 6.45) is 10.2. The number of nitrogens with zero attached hydrogens (tertiary/aromatic N) is 1. The van der Waals surface area contributed by atoms with Crippen LogP contribution in [0.4, 0.5) is 17.1 Å². The molecular formula is C49H37N. The number of fused-ring (bicyclic) bond motifs is 3. The number of hydrogen-bond donors (Lipinski definition) is 0. The molecule has 238 valence electrons. The maximum Gasteiger partial charge on any atom is 0.0543 e. The molecule has 0 fully saturated rings. The lowest BCUT2D eigenvalue weighted by Gasteiger charge is -2.40. The highest BCUT2D eigenvalue weighted by Gasteiger charge is 2.50. The lowest BCUT2D eigenvalue weighted by molar-refractivity contribution is 0.457. The van der Waals surface area contributed by atoms with Crippen molar-refractivity contribution in [2.75, 3.05) is 4.90 Å². The number of allylic oxidation sites excluding steroid dienone is 4. The van der Waals surface area contributed by atoms with Crippen LogP contribution in [0.3, 0.4) is 0 Å². The first-order valence-electron chi connectivity index (χ1n) is 17.6. The van der Waals surface area contributed by atoms with Crippen molar-refractivity contribution in [1.82, 2.24) is 0 Å². The first-order valence-corrected chi connectivity index (χ1v) is 17.6. The van der Waals surface area contributed by atoms with Gasteiger partial charge >= 0.3 is 0 Å². The van der Waals surface area contributed by atoms with Crippen LogP contribution in [0, 0.1) is 5.92 Å². The molecule has 1 heteroatoms. The molecule has 2 aliphatic rings. The number of anilines is 3. The van der Waals surface area contributed by atoms with E-state index in [0.717, 1.165) is 17.8 Å². The minimum Gasteiger partial charge on any atom is -0.310 e. The smallest absolute Gasteiger partial charge is 0.0543 e. The monoisotopic (exact) mass is 639 g/mol. The second-order valence-electron chi connectivity index (χ2n) is 13.2. The average Bonchev–Trinajstić information content (AvgIpc) is 3.52. The fourth-order valence-electron chi connectivity index (χ4n) is 8.35. The van der Waals surface area contributed by atoms with Crippen LogP contribution in [0.5, 0.6) is 0 Å². The molecule has 2 atom stereocenters. The van der Waals surface area contributed by atoms with Gasteiger partial charge in [0.1, 0.15) is 0 Å². The van der Waals surface area contributed by atoms with Crippen molar-refractivity contribution in [2.45, 2.75) is 11.8 Å². The Labute approximate surface area is 295 Å². The standard InChI is InChI=1S/C49H37N/c1-5-16-36(17-6-1)38-28-32-42(33-29-38)50(43-34-30-39(31-35-43)37-18-7-2-8-19-37)47-27-15-26-46-48(47)44-24-13-14-25-45(44)49(46,40-20-9-3-10-21-40)41-22-11-4-12-23-41/h1-22,24-35,41H,23H2. The lowest BCUT2D eigenvalue weighted by atomic mass is 9.62. The first kappa shape index (κ1) is 29.9. The summed E-state index contributed by atoms with van der Waals surface area (Å²) in [4.78, 5) is 2.46. The lowest BCUT2D eigenvalue weighted by Crippen LogP contribution is -2.35. The van der Waals surface area contributed by atoms with E-state index in [2.05, 4.69) is 211 Å². The summed E-state index contributed by atoms with van der Waals surface area (Å²) < 4.78 is 0. The first-order chi connectivity index (χ1) is 24.8. The molecule has 0 aliphatic heterocycles. The molecule has 0 spiro atoms. The van der Waals surface area contributed by atoms with Crippen LogP contribution in [0.25, 0.3) is 33.4 Å². The molecule has 0 saturated carbocycles. The Morgan fingerprint density at radius 1 is 0.440 bits per heavy atom. The van der Waals surface area contributed by atoms with E-state index in [1.54, 1.807) is 0 Å². The van der Waals surface area contributed by atoms with Gasteiger partial charge in [0.25, 0.3) is 0 Å². The molecule has 7 aromatic carbocycles. The van der Waals surface area contributed by atoms with Gasteiger partial charge in [-0.05, 0) is 87.2 Å². The summed E-state index contributed by atoms with van der Waals surface area (Å²) in [5, 5.41) is 0. The predicted octanol–water partition coefficient (Wildman–Crippen LogP) is 12.9. The van der Waals surface area contributed by atoms with E-state index in [4.69, 9.17) is 0 Å². The fraction of sp³-hybridized carbons (Fsp3) is 0.0612. The second-order valence-corrected chi connectivity index (χ2v) is 13.2. The summed E-state index contributed by atoms with van der Waals surface area (Å²) in [5.74, 6) is 0.274. The molecule has 7 aromatic rings. The summed E-state index contributed by atoms with van der Waals surface area (Å²) in [5.41, 5.74) is 14.6. The van der Waals surface area contributed by atoms with Gasteiger partial charge < -0.3 is 4.90 Å². The largest absolute Gasteiger partial charge is 0.310 e. The molecule has 9 rings (SSSR count). The molecule has 0 bridgehead atoms. The minimum atomic E-state index is -0.329. The van der Waals surface area contributed by atoms with Crippen LogP contribution in [0.2, 0.25) is 0 Å². The van der Waals surface area contributed by atoms with Crippen LogP contribution >= 0.6 is 0 Å². The molecule has 0 saturated heterocycles. The molecule has 2 aliphatic carbocycles. The molecule has 0 aromatic heterocycles. The third kappa shape index (κ3) is 4.94. The zero-order valence-electron chi connectivity index (χ0n) is 27.9. The van der Waals surface area contributed by atoms with Crippen LogP contribution in [-0.4, -0.2) is 0 Å². The maximum atomic E-state index is 2.46. The normalized spacial score (nSPS) is 17.2. The van der Waals surface area contributed by atoms with E-state index in [1.165, 1.54) is 55.8 Å². The third-order valence-electron chi connectivity index (χ3n) is 10.6. The van der Waals surface area contributed by atoms with Gasteiger partial charge in [-0.25, -0.2) is 0 Å². The Morgan fingerprint density at radius 3 is 1.54 bits per heavy atom. The maximum absolute atomic E-state index is 2.46. The molecule has 50 heavy (non-hydrogen) atoms. The van der Waals surface area contributed by atoms with E-state index < -0.39 is 0 Å².